The topological polar surface area (TPSA) is 48.1 Å². The fourth-order valence-electron chi connectivity index (χ4n) is 3.32. The van der Waals surface area contributed by atoms with E-state index in [-0.39, 0.29) is 0 Å². The molecule has 20 heavy (non-hydrogen) atoms. The zero-order valence-corrected chi connectivity index (χ0v) is 12.8. The van der Waals surface area contributed by atoms with Crippen LogP contribution in [0.25, 0.3) is 0 Å². The highest BCUT2D eigenvalue weighted by Crippen LogP contribution is 2.41. The van der Waals surface area contributed by atoms with E-state index < -0.39 is 0 Å². The first kappa shape index (κ1) is 15.3. The molecule has 1 aliphatic carbocycles. The molecule has 0 spiro atoms. The lowest BCUT2D eigenvalue weighted by Gasteiger charge is -2.35. The van der Waals surface area contributed by atoms with Gasteiger partial charge in [-0.25, -0.2) is 0 Å². The molecule has 0 aliphatic heterocycles. The normalized spacial score (nSPS) is 26.4. The highest BCUT2D eigenvalue weighted by molar-refractivity contribution is 5.27. The molecule has 0 saturated heterocycles. The van der Waals surface area contributed by atoms with Gasteiger partial charge in [0.2, 0.25) is 0 Å². The third-order valence-corrected chi connectivity index (χ3v) is 4.62. The van der Waals surface area contributed by atoms with E-state index in [0.717, 1.165) is 31.2 Å². The fourth-order valence-corrected chi connectivity index (χ4v) is 3.32. The fraction of sp³-hybridized carbons (Fsp3) is 0.706. The molecule has 3 nitrogen and oxygen atoms in total. The highest BCUT2D eigenvalue weighted by Gasteiger charge is 2.30. The SMILES string of the molecule is CCCOc1cncc(C2CC(CC)CCC2CN)c1. The maximum atomic E-state index is 5.98. The van der Waals surface area contributed by atoms with Crippen LogP contribution in [-0.4, -0.2) is 18.1 Å². The van der Waals surface area contributed by atoms with Crippen molar-refractivity contribution in [3.63, 3.8) is 0 Å². The summed E-state index contributed by atoms with van der Waals surface area (Å²) in [4.78, 5) is 4.37. The van der Waals surface area contributed by atoms with Crippen LogP contribution in [0.1, 0.15) is 57.4 Å². The molecule has 0 aromatic carbocycles. The molecular weight excluding hydrogens is 248 g/mol. The second kappa shape index (κ2) is 7.63. The molecule has 3 heteroatoms. The van der Waals surface area contributed by atoms with Crippen LogP contribution in [0.5, 0.6) is 5.75 Å². The Kier molecular flexibility index (Phi) is 5.84. The molecule has 112 valence electrons. The van der Waals surface area contributed by atoms with Crippen molar-refractivity contribution >= 4 is 0 Å². The van der Waals surface area contributed by atoms with Gasteiger partial charge in [0.25, 0.3) is 0 Å². The summed E-state index contributed by atoms with van der Waals surface area (Å²) in [6, 6.07) is 2.17. The van der Waals surface area contributed by atoms with E-state index in [9.17, 15) is 0 Å². The summed E-state index contributed by atoms with van der Waals surface area (Å²) in [5.41, 5.74) is 7.30. The van der Waals surface area contributed by atoms with Crippen LogP contribution in [-0.2, 0) is 0 Å². The predicted octanol–water partition coefficient (Wildman–Crippen LogP) is 3.74. The number of hydrogen-bond donors (Lipinski definition) is 1. The van der Waals surface area contributed by atoms with E-state index in [0.29, 0.717) is 11.8 Å². The van der Waals surface area contributed by atoms with Crippen molar-refractivity contribution < 1.29 is 4.74 Å². The lowest BCUT2D eigenvalue weighted by molar-refractivity contribution is 0.235. The predicted molar refractivity (Wildman–Crippen MR) is 82.9 cm³/mol. The van der Waals surface area contributed by atoms with E-state index in [4.69, 9.17) is 10.5 Å². The molecule has 1 saturated carbocycles. The number of ether oxygens (including phenoxy) is 1. The first-order valence-electron chi connectivity index (χ1n) is 8.06. The minimum Gasteiger partial charge on any atom is -0.492 e. The second-order valence-electron chi connectivity index (χ2n) is 5.99. The Labute approximate surface area is 122 Å². The molecule has 1 aliphatic rings. The lowest BCUT2D eigenvalue weighted by atomic mass is 9.71. The van der Waals surface area contributed by atoms with Crippen molar-refractivity contribution in [2.24, 2.45) is 17.6 Å². The first-order chi connectivity index (χ1) is 9.78. The van der Waals surface area contributed by atoms with Gasteiger partial charge < -0.3 is 10.5 Å². The molecule has 2 rings (SSSR count). The second-order valence-corrected chi connectivity index (χ2v) is 5.99. The molecule has 1 fully saturated rings. The number of nitrogens with two attached hydrogens (primary N) is 1. The summed E-state index contributed by atoms with van der Waals surface area (Å²) in [6.07, 6.45) is 9.94. The number of hydrogen-bond acceptors (Lipinski definition) is 3. The number of nitrogens with zero attached hydrogens (tertiary/aromatic N) is 1. The van der Waals surface area contributed by atoms with Gasteiger partial charge in [0, 0.05) is 6.20 Å². The molecule has 0 amide bonds. The highest BCUT2D eigenvalue weighted by atomic mass is 16.5. The minimum absolute atomic E-state index is 0.552. The van der Waals surface area contributed by atoms with Crippen LogP contribution in [0.3, 0.4) is 0 Å². The summed E-state index contributed by atoms with van der Waals surface area (Å²) < 4.78 is 5.71. The van der Waals surface area contributed by atoms with Gasteiger partial charge >= 0.3 is 0 Å². The van der Waals surface area contributed by atoms with Gasteiger partial charge in [-0.1, -0.05) is 26.7 Å². The van der Waals surface area contributed by atoms with Gasteiger partial charge in [0.15, 0.2) is 0 Å². The van der Waals surface area contributed by atoms with E-state index >= 15 is 0 Å². The monoisotopic (exact) mass is 276 g/mol. The summed E-state index contributed by atoms with van der Waals surface area (Å²) in [5.74, 6) is 2.89. The van der Waals surface area contributed by atoms with Crippen molar-refractivity contribution in [3.05, 3.63) is 24.0 Å². The van der Waals surface area contributed by atoms with Crippen molar-refractivity contribution in [2.75, 3.05) is 13.2 Å². The third-order valence-electron chi connectivity index (χ3n) is 4.62. The average Bonchev–Trinajstić information content (AvgIpc) is 2.52. The van der Waals surface area contributed by atoms with Gasteiger partial charge in [-0.05, 0) is 55.2 Å². The van der Waals surface area contributed by atoms with Gasteiger partial charge in [-0.15, -0.1) is 0 Å². The molecular formula is C17H28N2O. The summed E-state index contributed by atoms with van der Waals surface area (Å²) in [7, 11) is 0. The van der Waals surface area contributed by atoms with Crippen molar-refractivity contribution in [2.45, 2.75) is 51.9 Å². The zero-order valence-electron chi connectivity index (χ0n) is 12.8. The van der Waals surface area contributed by atoms with E-state index in [1.54, 1.807) is 0 Å². The molecule has 1 heterocycles. The molecule has 3 atom stereocenters. The van der Waals surface area contributed by atoms with Gasteiger partial charge in [0.1, 0.15) is 5.75 Å². The Morgan fingerprint density at radius 3 is 2.85 bits per heavy atom. The molecule has 3 unspecified atom stereocenters. The molecule has 0 radical (unpaired) electrons. The van der Waals surface area contributed by atoms with Gasteiger partial charge in [0.05, 0.1) is 12.8 Å². The average molecular weight is 276 g/mol. The Morgan fingerprint density at radius 2 is 2.15 bits per heavy atom. The summed E-state index contributed by atoms with van der Waals surface area (Å²) >= 11 is 0. The van der Waals surface area contributed by atoms with Crippen LogP contribution in [0, 0.1) is 11.8 Å². The Morgan fingerprint density at radius 1 is 1.30 bits per heavy atom. The van der Waals surface area contributed by atoms with E-state index in [2.05, 4.69) is 24.9 Å². The number of pyridine rings is 1. The smallest absolute Gasteiger partial charge is 0.137 e. The van der Waals surface area contributed by atoms with Crippen LogP contribution in [0.15, 0.2) is 18.5 Å². The van der Waals surface area contributed by atoms with Gasteiger partial charge in [-0.2, -0.15) is 0 Å². The standard InChI is InChI=1S/C17H28N2O/c1-3-7-20-16-9-15(11-19-12-16)17-8-13(4-2)5-6-14(17)10-18/h9,11-14,17H,3-8,10,18H2,1-2H3. The lowest BCUT2D eigenvalue weighted by Crippen LogP contribution is -2.29. The van der Waals surface area contributed by atoms with Crippen LogP contribution >= 0.6 is 0 Å². The zero-order chi connectivity index (χ0) is 14.4. The number of rotatable bonds is 6. The summed E-state index contributed by atoms with van der Waals surface area (Å²) in [5, 5.41) is 0. The largest absolute Gasteiger partial charge is 0.492 e. The van der Waals surface area contributed by atoms with Crippen LogP contribution in [0.4, 0.5) is 0 Å². The maximum absolute atomic E-state index is 5.98. The van der Waals surface area contributed by atoms with Crippen molar-refractivity contribution in [1.82, 2.24) is 4.98 Å². The Balaban J connectivity index is 2.14. The van der Waals surface area contributed by atoms with Crippen molar-refractivity contribution in [3.8, 4) is 5.75 Å². The minimum atomic E-state index is 0.552. The third kappa shape index (κ3) is 3.72. The summed E-state index contributed by atoms with van der Waals surface area (Å²) in [6.45, 7) is 5.95. The van der Waals surface area contributed by atoms with Crippen molar-refractivity contribution in [1.29, 1.82) is 0 Å². The number of aromatic nitrogens is 1. The van der Waals surface area contributed by atoms with Crippen LogP contribution < -0.4 is 10.5 Å². The molecule has 1 aromatic rings. The Bertz CT molecular complexity index is 408. The molecule has 2 N–H and O–H groups in total. The van der Waals surface area contributed by atoms with E-state index in [1.165, 1.54) is 31.2 Å². The quantitative estimate of drug-likeness (QED) is 0.861. The van der Waals surface area contributed by atoms with E-state index in [1.807, 2.05) is 12.4 Å². The Hall–Kier alpha value is -1.09. The van der Waals surface area contributed by atoms with Gasteiger partial charge in [-0.3, -0.25) is 4.98 Å². The maximum Gasteiger partial charge on any atom is 0.137 e. The molecule has 0 bridgehead atoms. The van der Waals surface area contributed by atoms with Crippen LogP contribution in [0.2, 0.25) is 0 Å². The first-order valence-corrected chi connectivity index (χ1v) is 8.06. The molecule has 1 aromatic heterocycles.